The summed E-state index contributed by atoms with van der Waals surface area (Å²) < 4.78 is 6.43. The van der Waals surface area contributed by atoms with E-state index in [1.807, 2.05) is 6.07 Å². The van der Waals surface area contributed by atoms with Crippen molar-refractivity contribution >= 4 is 39.3 Å². The van der Waals surface area contributed by atoms with Gasteiger partial charge in [0.1, 0.15) is 11.4 Å². The van der Waals surface area contributed by atoms with Gasteiger partial charge in [-0.3, -0.25) is 14.6 Å². The molecule has 2 rings (SSSR count). The summed E-state index contributed by atoms with van der Waals surface area (Å²) >= 11 is 9.38. The Hall–Kier alpha value is -2.12. The van der Waals surface area contributed by atoms with Crippen molar-refractivity contribution in [3.63, 3.8) is 0 Å². The Labute approximate surface area is 165 Å². The fourth-order valence-electron chi connectivity index (χ4n) is 2.06. The molecule has 1 aromatic heterocycles. The number of hydrogen-bond donors (Lipinski definition) is 2. The minimum Gasteiger partial charge on any atom is -0.492 e. The summed E-state index contributed by atoms with van der Waals surface area (Å²) in [5.41, 5.74) is 0.350. The van der Waals surface area contributed by atoms with Gasteiger partial charge in [-0.15, -0.1) is 0 Å². The molecule has 6 nitrogen and oxygen atoms in total. The molecule has 138 valence electrons. The molecule has 2 N–H and O–H groups in total. The maximum absolute atomic E-state index is 11.8. The normalized spacial score (nSPS) is 10.2. The third-order valence-corrected chi connectivity index (χ3v) is 4.12. The van der Waals surface area contributed by atoms with Crippen molar-refractivity contribution in [2.75, 3.05) is 19.7 Å². The molecule has 0 bridgehead atoms. The van der Waals surface area contributed by atoms with Crippen LogP contribution in [0.4, 0.5) is 0 Å². The minimum absolute atomic E-state index is 0.0948. The van der Waals surface area contributed by atoms with Crippen molar-refractivity contribution in [3.05, 3.63) is 57.8 Å². The second kappa shape index (κ2) is 10.8. The maximum Gasteiger partial charge on any atom is 0.269 e. The minimum atomic E-state index is -0.264. The fraction of sp³-hybridized carbons (Fsp3) is 0.278. The van der Waals surface area contributed by atoms with Gasteiger partial charge in [-0.05, 0) is 36.8 Å². The molecule has 0 spiro atoms. The second-order valence-electron chi connectivity index (χ2n) is 5.35. The molecule has 1 aromatic carbocycles. The number of pyridine rings is 1. The van der Waals surface area contributed by atoms with Gasteiger partial charge < -0.3 is 15.4 Å². The van der Waals surface area contributed by atoms with Crippen LogP contribution in [0.1, 0.15) is 23.3 Å². The van der Waals surface area contributed by atoms with E-state index in [1.165, 1.54) is 0 Å². The van der Waals surface area contributed by atoms with Crippen LogP contribution in [-0.4, -0.2) is 36.5 Å². The Bertz CT molecular complexity index is 744. The van der Waals surface area contributed by atoms with Crippen LogP contribution in [0.5, 0.6) is 5.75 Å². The topological polar surface area (TPSA) is 80.3 Å². The molecule has 8 heteroatoms. The van der Waals surface area contributed by atoms with Crippen LogP contribution in [0.2, 0.25) is 5.02 Å². The standard InChI is InChI=1S/C18H19BrClN3O3/c19-13-6-7-16(14(20)12-13)26-11-3-5-17(24)22-9-10-23-18(25)15-4-1-2-8-21-15/h1-2,4,6-8,12H,3,5,9-11H2,(H,22,24)(H,23,25). The molecule has 0 aliphatic rings. The first-order valence-electron chi connectivity index (χ1n) is 8.10. The first-order chi connectivity index (χ1) is 12.6. The van der Waals surface area contributed by atoms with Gasteiger partial charge in [-0.1, -0.05) is 33.6 Å². The van der Waals surface area contributed by atoms with Gasteiger partial charge in [0.05, 0.1) is 11.6 Å². The quantitative estimate of drug-likeness (QED) is 0.587. The number of hydrogen-bond acceptors (Lipinski definition) is 4. The molecule has 0 atom stereocenters. The van der Waals surface area contributed by atoms with Gasteiger partial charge in [0.25, 0.3) is 5.91 Å². The molecule has 0 aliphatic carbocycles. The third-order valence-electron chi connectivity index (χ3n) is 3.33. The van der Waals surface area contributed by atoms with Crippen molar-refractivity contribution in [1.82, 2.24) is 15.6 Å². The van der Waals surface area contributed by atoms with Gasteiger partial charge in [-0.25, -0.2) is 0 Å². The number of nitrogens with zero attached hydrogens (tertiary/aromatic N) is 1. The Kier molecular flexibility index (Phi) is 8.37. The number of benzene rings is 1. The number of ether oxygens (including phenoxy) is 1. The summed E-state index contributed by atoms with van der Waals surface area (Å²) in [5.74, 6) is 0.231. The van der Waals surface area contributed by atoms with E-state index in [2.05, 4.69) is 31.5 Å². The van der Waals surface area contributed by atoms with Crippen LogP contribution >= 0.6 is 27.5 Å². The first kappa shape index (κ1) is 20.2. The Morgan fingerprint density at radius 2 is 1.96 bits per heavy atom. The smallest absolute Gasteiger partial charge is 0.269 e. The number of carbonyl (C=O) groups excluding carboxylic acids is 2. The van der Waals surface area contributed by atoms with E-state index in [0.717, 1.165) is 4.47 Å². The molecular weight excluding hydrogens is 422 g/mol. The van der Waals surface area contributed by atoms with Gasteiger partial charge in [-0.2, -0.15) is 0 Å². The van der Waals surface area contributed by atoms with Crippen molar-refractivity contribution in [3.8, 4) is 5.75 Å². The van der Waals surface area contributed by atoms with Gasteiger partial charge in [0.2, 0.25) is 5.91 Å². The van der Waals surface area contributed by atoms with E-state index in [4.69, 9.17) is 16.3 Å². The van der Waals surface area contributed by atoms with Crippen LogP contribution in [-0.2, 0) is 4.79 Å². The molecule has 0 saturated heterocycles. The predicted octanol–water partition coefficient (Wildman–Crippen LogP) is 3.20. The maximum atomic E-state index is 11.8. The lowest BCUT2D eigenvalue weighted by atomic mass is 10.3. The van der Waals surface area contributed by atoms with E-state index in [0.29, 0.717) is 49.0 Å². The van der Waals surface area contributed by atoms with Gasteiger partial charge in [0.15, 0.2) is 0 Å². The van der Waals surface area contributed by atoms with E-state index in [1.54, 1.807) is 36.5 Å². The second-order valence-corrected chi connectivity index (χ2v) is 6.67. The van der Waals surface area contributed by atoms with E-state index >= 15 is 0 Å². The van der Waals surface area contributed by atoms with Crippen LogP contribution in [0.25, 0.3) is 0 Å². The number of aromatic nitrogens is 1. The summed E-state index contributed by atoms with van der Waals surface area (Å²) in [6.07, 6.45) is 2.46. The lowest BCUT2D eigenvalue weighted by molar-refractivity contribution is -0.121. The average molecular weight is 441 g/mol. The monoisotopic (exact) mass is 439 g/mol. The Morgan fingerprint density at radius 1 is 1.15 bits per heavy atom. The van der Waals surface area contributed by atoms with Crippen molar-refractivity contribution in [2.24, 2.45) is 0 Å². The first-order valence-corrected chi connectivity index (χ1v) is 9.27. The molecule has 0 unspecified atom stereocenters. The molecular formula is C18H19BrClN3O3. The lowest BCUT2D eigenvalue weighted by Crippen LogP contribution is -2.35. The number of nitrogens with one attached hydrogen (secondary N) is 2. The highest BCUT2D eigenvalue weighted by molar-refractivity contribution is 9.10. The fourth-order valence-corrected chi connectivity index (χ4v) is 2.79. The van der Waals surface area contributed by atoms with Crippen LogP contribution in [0.3, 0.4) is 0 Å². The van der Waals surface area contributed by atoms with Gasteiger partial charge >= 0.3 is 0 Å². The van der Waals surface area contributed by atoms with Crippen molar-refractivity contribution in [2.45, 2.75) is 12.8 Å². The summed E-state index contributed by atoms with van der Waals surface area (Å²) in [6.45, 7) is 1.09. The summed E-state index contributed by atoms with van der Waals surface area (Å²) in [6, 6.07) is 10.5. The van der Waals surface area contributed by atoms with E-state index < -0.39 is 0 Å². The van der Waals surface area contributed by atoms with E-state index in [9.17, 15) is 9.59 Å². The van der Waals surface area contributed by atoms with Gasteiger partial charge in [0, 0.05) is 30.2 Å². The molecule has 0 aliphatic heterocycles. The molecule has 0 saturated carbocycles. The molecule has 0 radical (unpaired) electrons. The highest BCUT2D eigenvalue weighted by Crippen LogP contribution is 2.27. The van der Waals surface area contributed by atoms with Crippen LogP contribution in [0.15, 0.2) is 47.1 Å². The third kappa shape index (κ3) is 7.01. The van der Waals surface area contributed by atoms with Crippen molar-refractivity contribution in [1.29, 1.82) is 0 Å². The molecule has 2 aromatic rings. The number of amides is 2. The highest BCUT2D eigenvalue weighted by Gasteiger charge is 2.06. The Morgan fingerprint density at radius 3 is 2.69 bits per heavy atom. The highest BCUT2D eigenvalue weighted by atomic mass is 79.9. The summed E-state index contributed by atoms with van der Waals surface area (Å²) in [7, 11) is 0. The summed E-state index contributed by atoms with van der Waals surface area (Å²) in [4.78, 5) is 27.5. The summed E-state index contributed by atoms with van der Waals surface area (Å²) in [5, 5.41) is 5.96. The lowest BCUT2D eigenvalue weighted by Gasteiger charge is -2.09. The largest absolute Gasteiger partial charge is 0.492 e. The van der Waals surface area contributed by atoms with Crippen LogP contribution in [0, 0.1) is 0 Å². The number of carbonyl (C=O) groups is 2. The molecule has 2 amide bonds. The zero-order valence-corrected chi connectivity index (χ0v) is 16.3. The van der Waals surface area contributed by atoms with Crippen LogP contribution < -0.4 is 15.4 Å². The molecule has 0 fully saturated rings. The number of halogens is 2. The number of rotatable bonds is 9. The molecule has 1 heterocycles. The predicted molar refractivity (Wildman–Crippen MR) is 103 cm³/mol. The SMILES string of the molecule is O=C(CCCOc1ccc(Br)cc1Cl)NCCNC(=O)c1ccccn1. The zero-order chi connectivity index (χ0) is 18.8. The molecule has 26 heavy (non-hydrogen) atoms. The van der Waals surface area contributed by atoms with Crippen molar-refractivity contribution < 1.29 is 14.3 Å². The van der Waals surface area contributed by atoms with E-state index in [-0.39, 0.29) is 11.8 Å². The zero-order valence-electron chi connectivity index (χ0n) is 14.0. The Balaban J connectivity index is 1.56. The average Bonchev–Trinajstić information content (AvgIpc) is 2.64.